The van der Waals surface area contributed by atoms with Crippen molar-refractivity contribution < 1.29 is 19.2 Å². The standard InChI is InChI=1S/C9H7.C4H4N.2C4H9.2CH3.2ClH.Si.Ti/c1-2-5-9-7-3-6-8(9)4-1;1-2-4-5-3-1;2*1-4(2)3;;;;;;/h1-7H;1-3,5H;2*1-3H3;2*1H3;2*1H;;/q6*-1;;;;. The van der Waals surface area contributed by atoms with Crippen LogP contribution in [0, 0.1) is 32.9 Å². The van der Waals surface area contributed by atoms with Crippen LogP contribution in [0.1, 0.15) is 41.5 Å². The molecule has 0 fully saturated rings. The Kier molecular flexibility index (Phi) is 46.8. The van der Waals surface area contributed by atoms with Crippen LogP contribution in [0.15, 0.2) is 60.8 Å². The van der Waals surface area contributed by atoms with Crippen LogP contribution in [0.4, 0.5) is 0 Å². The van der Waals surface area contributed by atoms with Crippen LogP contribution in [0.3, 0.4) is 0 Å². The van der Waals surface area contributed by atoms with Crippen molar-refractivity contribution >= 4 is 43.2 Å². The summed E-state index contributed by atoms with van der Waals surface area (Å²) in [7, 11) is 2.97. The maximum Gasteiger partial charge on any atom is -0.0809 e. The fourth-order valence-electron chi connectivity index (χ4n) is 1.31. The van der Waals surface area contributed by atoms with Gasteiger partial charge in [-0.1, -0.05) is 6.07 Å². The molecule has 0 spiro atoms. The molecule has 0 saturated heterocycles. The van der Waals surface area contributed by atoms with Crippen molar-refractivity contribution in [3.63, 3.8) is 0 Å². The molecule has 0 aliphatic rings. The number of H-pyrrole nitrogens is 1. The molecule has 0 saturated carbocycles. The van der Waals surface area contributed by atoms with Crippen molar-refractivity contribution in [1.82, 2.24) is 4.98 Å². The summed E-state index contributed by atoms with van der Waals surface area (Å²) in [6.45, 7) is 12.5. The van der Waals surface area contributed by atoms with Gasteiger partial charge in [-0.3, -0.25) is 0 Å². The molecule has 0 aliphatic carbocycles. The summed E-state index contributed by atoms with van der Waals surface area (Å²) in [5, 5.41) is 2.66. The van der Waals surface area contributed by atoms with Gasteiger partial charge in [0, 0.05) is 0 Å². The maximum atomic E-state index is 2.97. The molecular formula is C23H37Cl2NSiTi-6. The molecule has 3 aromatic rings. The third kappa shape index (κ3) is 33.2. The zero-order chi connectivity index (χ0) is 18.8. The van der Waals surface area contributed by atoms with Gasteiger partial charge in [0.15, 0.2) is 0 Å². The van der Waals surface area contributed by atoms with Gasteiger partial charge in [0.05, 0.1) is 0 Å². The first-order valence-corrected chi connectivity index (χ1v) is 10.7. The van der Waals surface area contributed by atoms with E-state index in [2.05, 4.69) is 103 Å². The number of hydrogen-bond acceptors (Lipinski definition) is 0. The number of aromatic nitrogens is 1. The van der Waals surface area contributed by atoms with Gasteiger partial charge in [-0.25, -0.2) is 0 Å². The van der Waals surface area contributed by atoms with Crippen LogP contribution >= 0.6 is 24.8 Å². The zero-order valence-corrected chi connectivity index (χ0v) is 22.8. The van der Waals surface area contributed by atoms with Gasteiger partial charge in [0.1, 0.15) is 0 Å². The molecule has 3 rings (SSSR count). The molecule has 0 unspecified atom stereocenters. The van der Waals surface area contributed by atoms with Crippen LogP contribution < -0.4 is 0 Å². The molecule has 2 aromatic carbocycles. The summed E-state index contributed by atoms with van der Waals surface area (Å²) in [6.07, 6.45) is 4.56. The first-order valence-electron chi connectivity index (χ1n) is 7.82. The van der Waals surface area contributed by atoms with E-state index in [0.29, 0.717) is 0 Å². The SMILES string of the molecule is C[C-](C)C.C[C-](C)C.Cl.Cl.[CH3-].[CH3-].[Si]=[Ti].[c-]1ccc[nH]1.c1ccc2[cH-]ccc2c1. The molecule has 2 radical (unpaired) electrons. The molecule has 1 N–H and O–H groups in total. The van der Waals surface area contributed by atoms with Crippen LogP contribution in [0.5, 0.6) is 0 Å². The van der Waals surface area contributed by atoms with Crippen LogP contribution in [0.25, 0.3) is 10.8 Å². The largest absolute Gasteiger partial charge is 0.484 e. The molecule has 0 amide bonds. The molecule has 0 aliphatic heterocycles. The Balaban J connectivity index is -0.0000000568. The van der Waals surface area contributed by atoms with Crippen molar-refractivity contribution in [2.24, 2.45) is 0 Å². The Hall–Kier alpha value is -0.379. The van der Waals surface area contributed by atoms with E-state index in [4.69, 9.17) is 0 Å². The second-order valence-electron chi connectivity index (χ2n) is 5.97. The minimum Gasteiger partial charge on any atom is -0.484 e. The summed E-state index contributed by atoms with van der Waals surface area (Å²) in [5.41, 5.74) is 0. The van der Waals surface area contributed by atoms with E-state index >= 15 is 0 Å². The molecule has 162 valence electrons. The van der Waals surface area contributed by atoms with Crippen LogP contribution in [-0.4, -0.2) is 12.6 Å². The number of rotatable bonds is 0. The minimum absolute atomic E-state index is 0. The topological polar surface area (TPSA) is 15.8 Å². The quantitative estimate of drug-likeness (QED) is 0.251. The smallest absolute Gasteiger partial charge is 0.0809 e. The van der Waals surface area contributed by atoms with Crippen LogP contribution in [-0.2, 0) is 19.2 Å². The van der Waals surface area contributed by atoms with Crippen LogP contribution in [0.2, 0.25) is 0 Å². The van der Waals surface area contributed by atoms with E-state index in [-0.39, 0.29) is 39.7 Å². The van der Waals surface area contributed by atoms with Crippen molar-refractivity contribution in [2.75, 3.05) is 0 Å². The maximum absolute atomic E-state index is 2.97. The Bertz CT molecular complexity index is 522. The Morgan fingerprint density at radius 2 is 1.32 bits per heavy atom. The van der Waals surface area contributed by atoms with Gasteiger partial charge in [-0.05, 0) is 0 Å². The fraction of sp³-hybridized carbons (Fsp3) is 0.261. The van der Waals surface area contributed by atoms with E-state index < -0.39 is 0 Å². The van der Waals surface area contributed by atoms with Crippen molar-refractivity contribution in [2.45, 2.75) is 41.5 Å². The molecule has 1 heterocycles. The number of nitrogens with one attached hydrogen (secondary N) is 1. The number of halogens is 2. The average Bonchev–Trinajstić information content (AvgIpc) is 3.23. The Morgan fingerprint density at radius 1 is 0.857 bits per heavy atom. The summed E-state index contributed by atoms with van der Waals surface area (Å²) >= 11 is 1.81. The predicted octanol–water partition coefficient (Wildman–Crippen LogP) is 7.98. The van der Waals surface area contributed by atoms with Gasteiger partial charge in [-0.15, -0.1) is 60.7 Å². The van der Waals surface area contributed by atoms with Crippen molar-refractivity contribution in [3.05, 3.63) is 93.7 Å². The van der Waals surface area contributed by atoms with Gasteiger partial charge < -0.3 is 31.7 Å². The van der Waals surface area contributed by atoms with E-state index in [1.807, 2.05) is 18.3 Å². The Labute approximate surface area is 201 Å². The van der Waals surface area contributed by atoms with Gasteiger partial charge in [0.25, 0.3) is 0 Å². The molecule has 1 aromatic heterocycles. The predicted molar refractivity (Wildman–Crippen MR) is 133 cm³/mol. The third-order valence-corrected chi connectivity index (χ3v) is 1.99. The van der Waals surface area contributed by atoms with E-state index in [0.717, 1.165) is 0 Å². The first kappa shape index (κ1) is 41.9. The summed E-state index contributed by atoms with van der Waals surface area (Å²) < 4.78 is 0. The number of hydrogen-bond donors (Lipinski definition) is 1. The van der Waals surface area contributed by atoms with Gasteiger partial charge in [-0.2, -0.15) is 77.4 Å². The third-order valence-electron chi connectivity index (χ3n) is 1.99. The van der Waals surface area contributed by atoms with Gasteiger partial charge >= 0.3 is 26.8 Å². The monoisotopic (exact) mass is 473 g/mol. The van der Waals surface area contributed by atoms with E-state index in [9.17, 15) is 0 Å². The second-order valence-corrected chi connectivity index (χ2v) is 5.97. The summed E-state index contributed by atoms with van der Waals surface area (Å²) in [6, 6.07) is 18.4. The minimum atomic E-state index is 0. The van der Waals surface area contributed by atoms with E-state index in [1.165, 1.54) is 22.6 Å². The molecule has 0 bridgehead atoms. The molecule has 1 nitrogen and oxygen atoms in total. The normalized spacial score (nSPS) is 7.39. The average molecular weight is 474 g/mol. The fourth-order valence-corrected chi connectivity index (χ4v) is 1.31. The Morgan fingerprint density at radius 3 is 1.64 bits per heavy atom. The first-order chi connectivity index (χ1) is 11.4. The molecular weight excluding hydrogens is 437 g/mol. The zero-order valence-electron chi connectivity index (χ0n) is 18.6. The molecule has 5 heteroatoms. The molecule has 28 heavy (non-hydrogen) atoms. The van der Waals surface area contributed by atoms with Crippen molar-refractivity contribution in [3.8, 4) is 0 Å². The van der Waals surface area contributed by atoms with Crippen molar-refractivity contribution in [1.29, 1.82) is 0 Å². The van der Waals surface area contributed by atoms with Gasteiger partial charge in [0.2, 0.25) is 0 Å². The number of benzene rings is 1. The van der Waals surface area contributed by atoms with E-state index in [1.54, 1.807) is 19.2 Å². The summed E-state index contributed by atoms with van der Waals surface area (Å²) in [5.74, 6) is 2.83. The molecule has 0 atom stereocenters. The number of aromatic amines is 1. The second kappa shape index (κ2) is 31.3. The number of fused-ring (bicyclic) bond motifs is 1. The summed E-state index contributed by atoms with van der Waals surface area (Å²) in [4.78, 5) is 2.74.